The Bertz CT molecular complexity index is 228. The van der Waals surface area contributed by atoms with Crippen molar-refractivity contribution in [3.05, 3.63) is 35.5 Å². The molecule has 0 aromatic rings. The first-order valence-electron chi connectivity index (χ1n) is 5.25. The van der Waals surface area contributed by atoms with E-state index < -0.39 is 0 Å². The highest BCUT2D eigenvalue weighted by Crippen LogP contribution is 2.12. The van der Waals surface area contributed by atoms with Gasteiger partial charge in [-0.15, -0.1) is 0 Å². The molecule has 0 saturated heterocycles. The Kier molecular flexibility index (Phi) is 4.59. The summed E-state index contributed by atoms with van der Waals surface area (Å²) in [4.78, 5) is 0. The Hall–Kier alpha value is -0.780. The molecule has 1 aliphatic carbocycles. The van der Waals surface area contributed by atoms with Crippen molar-refractivity contribution in [2.45, 2.75) is 46.0 Å². The fraction of sp³-hybridized carbons (Fsp3) is 0.538. The maximum atomic E-state index is 2.38. The zero-order chi connectivity index (χ0) is 9.52. The predicted molar refractivity (Wildman–Crippen MR) is 59.7 cm³/mol. The summed E-state index contributed by atoms with van der Waals surface area (Å²) in [5, 5.41) is 0. The molecule has 0 atom stereocenters. The van der Waals surface area contributed by atoms with Crippen LogP contribution in [0.3, 0.4) is 0 Å². The molecule has 13 heavy (non-hydrogen) atoms. The summed E-state index contributed by atoms with van der Waals surface area (Å²) >= 11 is 0. The average molecular weight is 176 g/mol. The molecule has 0 radical (unpaired) electrons. The normalized spacial score (nSPS) is 30.6. The largest absolute Gasteiger partial charge is 0.0853 e. The Balaban J connectivity index is 2.54. The molecule has 0 saturated carbocycles. The minimum atomic E-state index is 1.11. The van der Waals surface area contributed by atoms with E-state index in [1.54, 1.807) is 0 Å². The van der Waals surface area contributed by atoms with Gasteiger partial charge in [0, 0.05) is 0 Å². The number of allylic oxidation sites excluding steroid dienone is 6. The third-order valence-electron chi connectivity index (χ3n) is 2.48. The lowest BCUT2D eigenvalue weighted by atomic mass is 10.1. The summed E-state index contributed by atoms with van der Waals surface area (Å²) in [5.41, 5.74) is 3.05. The van der Waals surface area contributed by atoms with Crippen molar-refractivity contribution >= 4 is 0 Å². The summed E-state index contributed by atoms with van der Waals surface area (Å²) in [6.07, 6.45) is 15.3. The van der Waals surface area contributed by atoms with Crippen LogP contribution in [0, 0.1) is 0 Å². The molecule has 0 spiro atoms. The lowest BCUT2D eigenvalue weighted by Crippen LogP contribution is -1.78. The van der Waals surface area contributed by atoms with Crippen molar-refractivity contribution in [3.8, 4) is 0 Å². The van der Waals surface area contributed by atoms with Crippen LogP contribution in [-0.2, 0) is 0 Å². The lowest BCUT2D eigenvalue weighted by Gasteiger charge is -1.98. The fourth-order valence-electron chi connectivity index (χ4n) is 1.55. The van der Waals surface area contributed by atoms with Crippen molar-refractivity contribution in [1.82, 2.24) is 0 Å². The van der Waals surface area contributed by atoms with E-state index in [0.29, 0.717) is 0 Å². The van der Waals surface area contributed by atoms with Gasteiger partial charge in [0.1, 0.15) is 0 Å². The van der Waals surface area contributed by atoms with Gasteiger partial charge in [0.15, 0.2) is 0 Å². The molecule has 0 aliphatic heterocycles. The van der Waals surface area contributed by atoms with Crippen molar-refractivity contribution in [2.75, 3.05) is 0 Å². The summed E-state index contributed by atoms with van der Waals surface area (Å²) in [6.45, 7) is 4.46. The summed E-state index contributed by atoms with van der Waals surface area (Å²) < 4.78 is 0. The Labute approximate surface area is 82.0 Å². The molecule has 0 nitrogen and oxygen atoms in total. The van der Waals surface area contributed by atoms with Gasteiger partial charge in [-0.05, 0) is 46.0 Å². The quantitative estimate of drug-likeness (QED) is 0.480. The van der Waals surface area contributed by atoms with Crippen molar-refractivity contribution in [3.63, 3.8) is 0 Å². The summed E-state index contributed by atoms with van der Waals surface area (Å²) in [7, 11) is 0. The Morgan fingerprint density at radius 1 is 1.00 bits per heavy atom. The van der Waals surface area contributed by atoms with E-state index in [4.69, 9.17) is 0 Å². The number of rotatable bonds is 0. The van der Waals surface area contributed by atoms with E-state index in [2.05, 4.69) is 38.2 Å². The molecule has 0 aromatic carbocycles. The minimum absolute atomic E-state index is 1.11. The van der Waals surface area contributed by atoms with Crippen LogP contribution < -0.4 is 0 Å². The first-order chi connectivity index (χ1) is 6.29. The van der Waals surface area contributed by atoms with Crippen LogP contribution in [0.2, 0.25) is 0 Å². The van der Waals surface area contributed by atoms with E-state index >= 15 is 0 Å². The van der Waals surface area contributed by atoms with Crippen molar-refractivity contribution in [1.29, 1.82) is 0 Å². The van der Waals surface area contributed by atoms with Gasteiger partial charge in [0.25, 0.3) is 0 Å². The van der Waals surface area contributed by atoms with Gasteiger partial charge in [-0.25, -0.2) is 0 Å². The molecule has 0 unspecified atom stereocenters. The SMILES string of the molecule is C/C1=C/CCC/C(C)=C\C/C=C\C1. The highest BCUT2D eigenvalue weighted by molar-refractivity contribution is 5.09. The molecule has 0 heteroatoms. The Morgan fingerprint density at radius 2 is 1.85 bits per heavy atom. The van der Waals surface area contributed by atoms with E-state index in [-0.39, 0.29) is 0 Å². The van der Waals surface area contributed by atoms with Crippen molar-refractivity contribution < 1.29 is 0 Å². The molecule has 0 amide bonds. The zero-order valence-corrected chi connectivity index (χ0v) is 8.84. The monoisotopic (exact) mass is 176 g/mol. The standard InChI is InChI=1S/C13H20/c1-12-8-4-3-5-9-13(2)11-7-6-10-12/h3-4,9-10H,5-8,11H2,1-2H3/b4-3-,12-10-,13-9-. The van der Waals surface area contributed by atoms with E-state index in [0.717, 1.165) is 12.8 Å². The molecule has 0 heterocycles. The van der Waals surface area contributed by atoms with Crippen molar-refractivity contribution in [2.24, 2.45) is 0 Å². The molecule has 1 aliphatic rings. The van der Waals surface area contributed by atoms with Crippen LogP contribution in [0.25, 0.3) is 0 Å². The van der Waals surface area contributed by atoms with Crippen LogP contribution >= 0.6 is 0 Å². The second-order valence-electron chi connectivity index (χ2n) is 3.90. The maximum Gasteiger partial charge on any atom is -0.0141 e. The van der Waals surface area contributed by atoms with E-state index in [1.165, 1.54) is 30.4 Å². The molecule has 0 aromatic heterocycles. The highest BCUT2D eigenvalue weighted by atomic mass is 14.0. The number of hydrogen-bond acceptors (Lipinski definition) is 0. The van der Waals surface area contributed by atoms with Gasteiger partial charge in [-0.1, -0.05) is 35.5 Å². The molecule has 0 bridgehead atoms. The van der Waals surface area contributed by atoms with E-state index in [1.807, 2.05) is 0 Å². The summed E-state index contributed by atoms with van der Waals surface area (Å²) in [6, 6.07) is 0. The zero-order valence-electron chi connectivity index (χ0n) is 8.84. The third kappa shape index (κ3) is 4.72. The summed E-state index contributed by atoms with van der Waals surface area (Å²) in [5.74, 6) is 0. The second kappa shape index (κ2) is 5.80. The Morgan fingerprint density at radius 3 is 2.69 bits per heavy atom. The van der Waals surface area contributed by atoms with Gasteiger partial charge in [0.05, 0.1) is 0 Å². The van der Waals surface area contributed by atoms with Crippen LogP contribution in [0.15, 0.2) is 35.5 Å². The molecule has 72 valence electrons. The van der Waals surface area contributed by atoms with Gasteiger partial charge >= 0.3 is 0 Å². The second-order valence-corrected chi connectivity index (χ2v) is 3.90. The fourth-order valence-corrected chi connectivity index (χ4v) is 1.55. The van der Waals surface area contributed by atoms with Crippen LogP contribution in [-0.4, -0.2) is 0 Å². The van der Waals surface area contributed by atoms with Crippen LogP contribution in [0.1, 0.15) is 46.0 Å². The van der Waals surface area contributed by atoms with Gasteiger partial charge < -0.3 is 0 Å². The topological polar surface area (TPSA) is 0 Å². The average Bonchev–Trinajstić information content (AvgIpc) is 2.14. The third-order valence-corrected chi connectivity index (χ3v) is 2.48. The van der Waals surface area contributed by atoms with Crippen LogP contribution in [0.5, 0.6) is 0 Å². The maximum absolute atomic E-state index is 2.38. The smallest absolute Gasteiger partial charge is 0.0141 e. The lowest BCUT2D eigenvalue weighted by molar-refractivity contribution is 0.824. The minimum Gasteiger partial charge on any atom is -0.0853 e. The van der Waals surface area contributed by atoms with E-state index in [9.17, 15) is 0 Å². The molecular formula is C13H20. The first kappa shape index (κ1) is 10.3. The van der Waals surface area contributed by atoms with Crippen LogP contribution in [0.4, 0.5) is 0 Å². The van der Waals surface area contributed by atoms with Gasteiger partial charge in [-0.3, -0.25) is 0 Å². The molecular weight excluding hydrogens is 156 g/mol. The first-order valence-corrected chi connectivity index (χ1v) is 5.25. The number of hydrogen-bond donors (Lipinski definition) is 0. The van der Waals surface area contributed by atoms with Gasteiger partial charge in [0.2, 0.25) is 0 Å². The predicted octanol–water partition coefficient (Wildman–Crippen LogP) is 4.40. The molecule has 0 fully saturated rings. The van der Waals surface area contributed by atoms with Gasteiger partial charge in [-0.2, -0.15) is 0 Å². The highest BCUT2D eigenvalue weighted by Gasteiger charge is 1.92. The molecule has 0 N–H and O–H groups in total. The molecule has 1 rings (SSSR count).